The molecule has 0 fully saturated rings. The Balaban J connectivity index is 1.68. The molecule has 150 valence electrons. The molecule has 0 saturated heterocycles. The predicted molar refractivity (Wildman–Crippen MR) is 113 cm³/mol. The molecule has 1 aromatic heterocycles. The zero-order valence-corrected chi connectivity index (χ0v) is 17.4. The lowest BCUT2D eigenvalue weighted by molar-refractivity contribution is 0.114. The van der Waals surface area contributed by atoms with Crippen molar-refractivity contribution < 1.29 is 4.74 Å². The largest absolute Gasteiger partial charge is 0.375 e. The van der Waals surface area contributed by atoms with Crippen LogP contribution in [0.5, 0.6) is 0 Å². The summed E-state index contributed by atoms with van der Waals surface area (Å²) >= 11 is 0. The van der Waals surface area contributed by atoms with Crippen LogP contribution in [0, 0.1) is 0 Å². The Kier molecular flexibility index (Phi) is 16.8. The lowest BCUT2D eigenvalue weighted by Gasteiger charge is -2.05. The van der Waals surface area contributed by atoms with E-state index in [0.29, 0.717) is 6.61 Å². The van der Waals surface area contributed by atoms with E-state index >= 15 is 0 Å². The van der Waals surface area contributed by atoms with E-state index in [1.807, 2.05) is 24.4 Å². The van der Waals surface area contributed by atoms with E-state index in [0.717, 1.165) is 12.3 Å². The monoisotopic (exact) mass is 361 g/mol. The summed E-state index contributed by atoms with van der Waals surface area (Å²) in [4.78, 5) is 4.27. The first-order valence-electron chi connectivity index (χ1n) is 11.4. The number of unbranched alkanes of at least 4 members (excludes halogenated alkanes) is 15. The summed E-state index contributed by atoms with van der Waals surface area (Å²) in [6, 6.07) is 5.98. The van der Waals surface area contributed by atoms with E-state index in [1.54, 1.807) is 0 Å². The quantitative estimate of drug-likeness (QED) is 0.234. The smallest absolute Gasteiger partial charge is 0.0887 e. The fraction of sp³-hybridized carbons (Fsp3) is 0.792. The molecule has 26 heavy (non-hydrogen) atoms. The SMILES string of the molecule is CCCCCCCCCCCCCCCCCCOCc1ccccn1. The summed E-state index contributed by atoms with van der Waals surface area (Å²) in [5, 5.41) is 0. The van der Waals surface area contributed by atoms with Crippen LogP contribution in [-0.4, -0.2) is 11.6 Å². The molecule has 0 N–H and O–H groups in total. The van der Waals surface area contributed by atoms with E-state index in [-0.39, 0.29) is 0 Å². The number of rotatable bonds is 19. The first kappa shape index (κ1) is 23.1. The van der Waals surface area contributed by atoms with Crippen molar-refractivity contribution in [2.24, 2.45) is 0 Å². The highest BCUT2D eigenvalue weighted by Crippen LogP contribution is 2.13. The lowest BCUT2D eigenvalue weighted by atomic mass is 10.0. The second kappa shape index (κ2) is 18.9. The molecule has 1 rings (SSSR count). The van der Waals surface area contributed by atoms with Crippen LogP contribution in [-0.2, 0) is 11.3 Å². The van der Waals surface area contributed by atoms with Gasteiger partial charge in [-0.15, -0.1) is 0 Å². The van der Waals surface area contributed by atoms with Crippen molar-refractivity contribution in [2.75, 3.05) is 6.61 Å². The van der Waals surface area contributed by atoms with Crippen molar-refractivity contribution in [2.45, 2.75) is 116 Å². The predicted octanol–water partition coefficient (Wildman–Crippen LogP) is 7.86. The minimum absolute atomic E-state index is 0.652. The first-order chi connectivity index (χ1) is 12.9. The van der Waals surface area contributed by atoms with Gasteiger partial charge < -0.3 is 4.74 Å². The Morgan fingerprint density at radius 1 is 0.654 bits per heavy atom. The van der Waals surface area contributed by atoms with Crippen LogP contribution in [0.3, 0.4) is 0 Å². The van der Waals surface area contributed by atoms with Crippen LogP contribution in [0.25, 0.3) is 0 Å². The van der Waals surface area contributed by atoms with Crippen molar-refractivity contribution >= 4 is 0 Å². The number of nitrogens with zero attached hydrogens (tertiary/aromatic N) is 1. The molecule has 0 amide bonds. The van der Waals surface area contributed by atoms with Gasteiger partial charge in [0.25, 0.3) is 0 Å². The van der Waals surface area contributed by atoms with Crippen molar-refractivity contribution in [3.05, 3.63) is 30.1 Å². The van der Waals surface area contributed by atoms with Gasteiger partial charge in [0, 0.05) is 12.8 Å². The van der Waals surface area contributed by atoms with E-state index in [1.165, 1.54) is 103 Å². The van der Waals surface area contributed by atoms with Gasteiger partial charge in [0.05, 0.1) is 12.3 Å². The van der Waals surface area contributed by atoms with Crippen molar-refractivity contribution in [3.63, 3.8) is 0 Å². The minimum atomic E-state index is 0.652. The Bertz CT molecular complexity index is 379. The van der Waals surface area contributed by atoms with Crippen LogP contribution in [0.2, 0.25) is 0 Å². The maximum absolute atomic E-state index is 5.68. The number of hydrogen-bond acceptors (Lipinski definition) is 2. The minimum Gasteiger partial charge on any atom is -0.375 e. The molecule has 0 bridgehead atoms. The number of pyridine rings is 1. The summed E-state index contributed by atoms with van der Waals surface area (Å²) in [7, 11) is 0. The maximum atomic E-state index is 5.68. The second-order valence-electron chi connectivity index (χ2n) is 7.68. The van der Waals surface area contributed by atoms with E-state index in [4.69, 9.17) is 4.74 Å². The van der Waals surface area contributed by atoms with Gasteiger partial charge in [-0.25, -0.2) is 0 Å². The highest BCUT2D eigenvalue weighted by Gasteiger charge is 1.96. The Hall–Kier alpha value is -0.890. The van der Waals surface area contributed by atoms with Crippen LogP contribution >= 0.6 is 0 Å². The molecule has 0 aliphatic carbocycles. The van der Waals surface area contributed by atoms with Gasteiger partial charge in [-0.05, 0) is 18.6 Å². The summed E-state index contributed by atoms with van der Waals surface area (Å²) < 4.78 is 5.68. The molecular formula is C24H43NO. The molecule has 0 saturated carbocycles. The molecular weight excluding hydrogens is 318 g/mol. The van der Waals surface area contributed by atoms with Gasteiger partial charge >= 0.3 is 0 Å². The van der Waals surface area contributed by atoms with Gasteiger partial charge in [0.15, 0.2) is 0 Å². The zero-order chi connectivity index (χ0) is 18.5. The van der Waals surface area contributed by atoms with Gasteiger partial charge in [0.2, 0.25) is 0 Å². The highest BCUT2D eigenvalue weighted by molar-refractivity contribution is 5.01. The van der Waals surface area contributed by atoms with E-state index in [9.17, 15) is 0 Å². The molecule has 2 heteroatoms. The first-order valence-corrected chi connectivity index (χ1v) is 11.4. The van der Waals surface area contributed by atoms with Crippen molar-refractivity contribution in [3.8, 4) is 0 Å². The molecule has 0 aromatic carbocycles. The molecule has 0 unspecified atom stereocenters. The van der Waals surface area contributed by atoms with Gasteiger partial charge in [-0.2, -0.15) is 0 Å². The Labute approximate surface area is 163 Å². The Morgan fingerprint density at radius 2 is 1.15 bits per heavy atom. The molecule has 0 aliphatic rings. The van der Waals surface area contributed by atoms with Gasteiger partial charge in [0.1, 0.15) is 0 Å². The molecule has 0 atom stereocenters. The van der Waals surface area contributed by atoms with Crippen LogP contribution in [0.4, 0.5) is 0 Å². The van der Waals surface area contributed by atoms with Crippen molar-refractivity contribution in [1.29, 1.82) is 0 Å². The third kappa shape index (κ3) is 15.4. The molecule has 0 radical (unpaired) electrons. The molecule has 1 aromatic rings. The normalized spacial score (nSPS) is 11.1. The molecule has 0 aliphatic heterocycles. The van der Waals surface area contributed by atoms with Crippen molar-refractivity contribution in [1.82, 2.24) is 4.98 Å². The van der Waals surface area contributed by atoms with Crippen LogP contribution < -0.4 is 0 Å². The molecule has 2 nitrogen and oxygen atoms in total. The lowest BCUT2D eigenvalue weighted by Crippen LogP contribution is -1.97. The third-order valence-electron chi connectivity index (χ3n) is 5.12. The Morgan fingerprint density at radius 3 is 1.62 bits per heavy atom. The summed E-state index contributed by atoms with van der Waals surface area (Å²) in [6.45, 7) is 3.81. The number of ether oxygens (including phenoxy) is 1. The van der Waals surface area contributed by atoms with E-state index < -0.39 is 0 Å². The topological polar surface area (TPSA) is 22.1 Å². The highest BCUT2D eigenvalue weighted by atomic mass is 16.5. The van der Waals surface area contributed by atoms with Crippen LogP contribution in [0.15, 0.2) is 24.4 Å². The fourth-order valence-electron chi connectivity index (χ4n) is 3.41. The van der Waals surface area contributed by atoms with Gasteiger partial charge in [-0.1, -0.05) is 109 Å². The fourth-order valence-corrected chi connectivity index (χ4v) is 3.41. The summed E-state index contributed by atoms with van der Waals surface area (Å²) in [6.07, 6.45) is 24.4. The number of hydrogen-bond donors (Lipinski definition) is 0. The average molecular weight is 362 g/mol. The standard InChI is InChI=1S/C24H43NO/c1-2-3-4-5-6-7-8-9-10-11-12-13-14-15-16-19-22-26-23-24-20-17-18-21-25-24/h17-18,20-21H,2-16,19,22-23H2,1H3. The summed E-state index contributed by atoms with van der Waals surface area (Å²) in [5.41, 5.74) is 1.03. The maximum Gasteiger partial charge on any atom is 0.0887 e. The summed E-state index contributed by atoms with van der Waals surface area (Å²) in [5.74, 6) is 0. The zero-order valence-electron chi connectivity index (χ0n) is 17.4. The van der Waals surface area contributed by atoms with E-state index in [2.05, 4.69) is 11.9 Å². The third-order valence-corrected chi connectivity index (χ3v) is 5.12. The average Bonchev–Trinajstić information content (AvgIpc) is 2.68. The van der Waals surface area contributed by atoms with Gasteiger partial charge in [-0.3, -0.25) is 4.98 Å². The molecule has 1 heterocycles. The van der Waals surface area contributed by atoms with Crippen LogP contribution in [0.1, 0.15) is 115 Å². The number of aromatic nitrogens is 1. The molecule has 0 spiro atoms. The second-order valence-corrected chi connectivity index (χ2v) is 7.68.